The van der Waals surface area contributed by atoms with E-state index in [9.17, 15) is 4.79 Å². The van der Waals surface area contributed by atoms with Crippen LogP contribution in [0.2, 0.25) is 0 Å². The number of anilines is 1. The molecule has 0 aliphatic carbocycles. The van der Waals surface area contributed by atoms with Gasteiger partial charge in [0, 0.05) is 18.3 Å². The molecular formula is C17H27NO2. The lowest BCUT2D eigenvalue weighted by molar-refractivity contribution is -0.140. The lowest BCUT2D eigenvalue weighted by Crippen LogP contribution is -2.37. The highest BCUT2D eigenvalue weighted by molar-refractivity contribution is 5.70. The lowest BCUT2D eigenvalue weighted by atomic mass is 10.1. The summed E-state index contributed by atoms with van der Waals surface area (Å²) in [6, 6.07) is 8.83. The van der Waals surface area contributed by atoms with Crippen LogP contribution in [-0.2, 0) is 11.2 Å². The topological polar surface area (TPSA) is 40.5 Å². The highest BCUT2D eigenvalue weighted by Crippen LogP contribution is 2.20. The SMILES string of the molecule is CCCCc1ccc(N(CC(C)C(=O)O)C(C)C)cc1. The zero-order valence-corrected chi connectivity index (χ0v) is 13.1. The molecule has 1 aromatic carbocycles. The zero-order valence-electron chi connectivity index (χ0n) is 13.1. The minimum absolute atomic E-state index is 0.290. The van der Waals surface area contributed by atoms with Gasteiger partial charge in [0.25, 0.3) is 0 Å². The van der Waals surface area contributed by atoms with E-state index in [-0.39, 0.29) is 5.92 Å². The highest BCUT2D eigenvalue weighted by Gasteiger charge is 2.18. The average molecular weight is 277 g/mol. The van der Waals surface area contributed by atoms with Crippen molar-refractivity contribution in [3.8, 4) is 0 Å². The van der Waals surface area contributed by atoms with Gasteiger partial charge in [-0.05, 0) is 44.4 Å². The van der Waals surface area contributed by atoms with E-state index in [1.165, 1.54) is 18.4 Å². The molecule has 0 spiro atoms. The molecule has 3 nitrogen and oxygen atoms in total. The van der Waals surface area contributed by atoms with Crippen molar-refractivity contribution in [2.45, 2.75) is 53.0 Å². The summed E-state index contributed by atoms with van der Waals surface area (Å²) in [5.41, 5.74) is 2.46. The van der Waals surface area contributed by atoms with Crippen LogP contribution in [0.15, 0.2) is 24.3 Å². The Bertz CT molecular complexity index is 412. The maximum absolute atomic E-state index is 11.0. The zero-order chi connectivity index (χ0) is 15.1. The summed E-state index contributed by atoms with van der Waals surface area (Å²) < 4.78 is 0. The molecule has 1 aromatic rings. The Morgan fingerprint density at radius 1 is 1.20 bits per heavy atom. The van der Waals surface area contributed by atoms with Crippen molar-refractivity contribution in [1.82, 2.24) is 0 Å². The van der Waals surface area contributed by atoms with Gasteiger partial charge in [-0.3, -0.25) is 4.79 Å². The molecule has 0 heterocycles. The summed E-state index contributed by atoms with van der Waals surface area (Å²) in [7, 11) is 0. The fourth-order valence-electron chi connectivity index (χ4n) is 2.22. The van der Waals surface area contributed by atoms with E-state index < -0.39 is 5.97 Å². The van der Waals surface area contributed by atoms with Crippen molar-refractivity contribution in [2.24, 2.45) is 5.92 Å². The van der Waals surface area contributed by atoms with Gasteiger partial charge < -0.3 is 10.0 Å². The summed E-state index contributed by atoms with van der Waals surface area (Å²) in [6.07, 6.45) is 3.53. The Kier molecular flexibility index (Phi) is 6.56. The van der Waals surface area contributed by atoms with Crippen LogP contribution in [0.25, 0.3) is 0 Å². The minimum atomic E-state index is -0.741. The van der Waals surface area contributed by atoms with Crippen molar-refractivity contribution in [2.75, 3.05) is 11.4 Å². The fourth-order valence-corrected chi connectivity index (χ4v) is 2.22. The first-order valence-corrected chi connectivity index (χ1v) is 7.54. The molecule has 1 atom stereocenters. The van der Waals surface area contributed by atoms with E-state index in [1.54, 1.807) is 6.92 Å². The molecule has 0 saturated carbocycles. The molecular weight excluding hydrogens is 250 g/mol. The van der Waals surface area contributed by atoms with Crippen molar-refractivity contribution < 1.29 is 9.90 Å². The quantitative estimate of drug-likeness (QED) is 0.781. The second kappa shape index (κ2) is 7.93. The molecule has 1 rings (SSSR count). The molecule has 0 amide bonds. The Balaban J connectivity index is 2.79. The largest absolute Gasteiger partial charge is 0.481 e. The van der Waals surface area contributed by atoms with Crippen LogP contribution in [0.5, 0.6) is 0 Å². The average Bonchev–Trinajstić information content (AvgIpc) is 2.42. The highest BCUT2D eigenvalue weighted by atomic mass is 16.4. The van der Waals surface area contributed by atoms with Crippen molar-refractivity contribution in [1.29, 1.82) is 0 Å². The number of carbonyl (C=O) groups is 1. The van der Waals surface area contributed by atoms with E-state index in [0.29, 0.717) is 12.6 Å². The summed E-state index contributed by atoms with van der Waals surface area (Å²) in [6.45, 7) is 8.69. The molecule has 0 fully saturated rings. The van der Waals surface area contributed by atoms with Crippen LogP contribution < -0.4 is 4.90 Å². The first-order valence-electron chi connectivity index (χ1n) is 7.54. The number of hydrogen-bond acceptors (Lipinski definition) is 2. The fraction of sp³-hybridized carbons (Fsp3) is 0.588. The molecule has 112 valence electrons. The smallest absolute Gasteiger partial charge is 0.308 e. The number of carboxylic acids is 1. The first kappa shape index (κ1) is 16.5. The Morgan fingerprint density at radius 3 is 2.25 bits per heavy atom. The van der Waals surface area contributed by atoms with E-state index in [0.717, 1.165) is 12.1 Å². The Hall–Kier alpha value is -1.51. The summed E-state index contributed by atoms with van der Waals surface area (Å²) >= 11 is 0. The Morgan fingerprint density at radius 2 is 1.80 bits per heavy atom. The molecule has 0 aliphatic rings. The second-order valence-corrected chi connectivity index (χ2v) is 5.76. The first-order chi connectivity index (χ1) is 9.45. The van der Waals surface area contributed by atoms with Gasteiger partial charge in [-0.25, -0.2) is 0 Å². The maximum atomic E-state index is 11.0. The predicted octanol–water partition coefficient (Wildman–Crippen LogP) is 3.96. The number of unbranched alkanes of at least 4 members (excludes halogenated alkanes) is 1. The number of rotatable bonds is 8. The molecule has 0 saturated heterocycles. The van der Waals surface area contributed by atoms with Crippen LogP contribution in [0.4, 0.5) is 5.69 Å². The number of aliphatic carboxylic acids is 1. The molecule has 0 aromatic heterocycles. The van der Waals surface area contributed by atoms with Gasteiger partial charge in [0.1, 0.15) is 0 Å². The van der Waals surface area contributed by atoms with Gasteiger partial charge in [-0.2, -0.15) is 0 Å². The third kappa shape index (κ3) is 4.87. The van der Waals surface area contributed by atoms with Crippen LogP contribution in [-0.4, -0.2) is 23.7 Å². The molecule has 20 heavy (non-hydrogen) atoms. The van der Waals surface area contributed by atoms with Gasteiger partial charge in [-0.15, -0.1) is 0 Å². The van der Waals surface area contributed by atoms with E-state index in [1.807, 2.05) is 0 Å². The van der Waals surface area contributed by atoms with Crippen molar-refractivity contribution >= 4 is 11.7 Å². The molecule has 0 radical (unpaired) electrons. The van der Waals surface area contributed by atoms with Gasteiger partial charge in [0.05, 0.1) is 5.92 Å². The number of carboxylic acid groups (broad SMARTS) is 1. The van der Waals surface area contributed by atoms with Crippen molar-refractivity contribution in [3.05, 3.63) is 29.8 Å². The normalized spacial score (nSPS) is 12.4. The maximum Gasteiger partial charge on any atom is 0.308 e. The predicted molar refractivity (Wildman–Crippen MR) is 84.3 cm³/mol. The number of hydrogen-bond donors (Lipinski definition) is 1. The molecule has 0 aliphatic heterocycles. The molecule has 3 heteroatoms. The van der Waals surface area contributed by atoms with Crippen LogP contribution in [0.3, 0.4) is 0 Å². The Labute approximate surface area is 122 Å². The lowest BCUT2D eigenvalue weighted by Gasteiger charge is -2.30. The van der Waals surface area contributed by atoms with E-state index in [4.69, 9.17) is 5.11 Å². The number of aryl methyl sites for hydroxylation is 1. The standard InChI is InChI=1S/C17H27NO2/c1-5-6-7-15-8-10-16(11-9-15)18(13(2)3)12-14(4)17(19)20/h8-11,13-14H,5-7,12H2,1-4H3,(H,19,20). The third-order valence-electron chi connectivity index (χ3n) is 3.60. The van der Waals surface area contributed by atoms with Crippen LogP contribution >= 0.6 is 0 Å². The molecule has 0 bridgehead atoms. The minimum Gasteiger partial charge on any atom is -0.481 e. The van der Waals surface area contributed by atoms with Gasteiger partial charge in [-0.1, -0.05) is 32.4 Å². The summed E-state index contributed by atoms with van der Waals surface area (Å²) in [4.78, 5) is 13.2. The second-order valence-electron chi connectivity index (χ2n) is 5.76. The number of nitrogens with zero attached hydrogens (tertiary/aromatic N) is 1. The van der Waals surface area contributed by atoms with Gasteiger partial charge in [0.15, 0.2) is 0 Å². The third-order valence-corrected chi connectivity index (χ3v) is 3.60. The monoisotopic (exact) mass is 277 g/mol. The van der Waals surface area contributed by atoms with Crippen LogP contribution in [0.1, 0.15) is 46.1 Å². The van der Waals surface area contributed by atoms with Gasteiger partial charge >= 0.3 is 5.97 Å². The summed E-state index contributed by atoms with van der Waals surface area (Å²) in [5, 5.41) is 9.07. The summed E-state index contributed by atoms with van der Waals surface area (Å²) in [5.74, 6) is -1.10. The van der Waals surface area contributed by atoms with E-state index in [2.05, 4.69) is 49.9 Å². The van der Waals surface area contributed by atoms with Crippen LogP contribution in [0, 0.1) is 5.92 Å². The van der Waals surface area contributed by atoms with Gasteiger partial charge in [0.2, 0.25) is 0 Å². The molecule has 1 unspecified atom stereocenters. The molecule has 1 N–H and O–H groups in total. The number of benzene rings is 1. The van der Waals surface area contributed by atoms with E-state index >= 15 is 0 Å². The van der Waals surface area contributed by atoms with Crippen molar-refractivity contribution in [3.63, 3.8) is 0 Å².